The standard InChI is InChI=1S/C12H13N5OS/c1-7-3-5-9(6-4-7)14-15-10-8(2)16-17(11(10)18)12(13)19/h3-6,10H,1-2H3,(H2,13,19)/t10-/m1/s1. The van der Waals surface area contributed by atoms with Gasteiger partial charge in [0.1, 0.15) is 0 Å². The third-order valence-electron chi connectivity index (χ3n) is 2.63. The van der Waals surface area contributed by atoms with Gasteiger partial charge in [0.25, 0.3) is 5.91 Å². The SMILES string of the molecule is CC1=NN(C(N)=S)C(=O)[C@@H]1N=Nc1ccc(C)cc1. The van der Waals surface area contributed by atoms with E-state index in [4.69, 9.17) is 18.0 Å². The molecule has 19 heavy (non-hydrogen) atoms. The van der Waals surface area contributed by atoms with Crippen LogP contribution in [0.25, 0.3) is 0 Å². The molecule has 1 aliphatic heterocycles. The Morgan fingerprint density at radius 1 is 1.37 bits per heavy atom. The van der Waals surface area contributed by atoms with Crippen molar-refractivity contribution in [2.75, 3.05) is 0 Å². The minimum absolute atomic E-state index is 0.0858. The first kappa shape index (κ1) is 13.3. The number of hydrogen-bond acceptors (Lipinski definition) is 5. The molecule has 1 aromatic rings. The highest BCUT2D eigenvalue weighted by Gasteiger charge is 2.35. The van der Waals surface area contributed by atoms with E-state index in [1.807, 2.05) is 31.2 Å². The number of aryl methyl sites for hydroxylation is 1. The molecule has 0 saturated heterocycles. The Morgan fingerprint density at radius 3 is 2.53 bits per heavy atom. The van der Waals surface area contributed by atoms with Gasteiger partial charge in [0.15, 0.2) is 11.2 Å². The molecule has 0 unspecified atom stereocenters. The van der Waals surface area contributed by atoms with Crippen LogP contribution in [0.3, 0.4) is 0 Å². The van der Waals surface area contributed by atoms with Gasteiger partial charge in [0.05, 0.1) is 11.4 Å². The molecule has 1 atom stereocenters. The van der Waals surface area contributed by atoms with Crippen LogP contribution in [0.5, 0.6) is 0 Å². The Kier molecular flexibility index (Phi) is 3.66. The van der Waals surface area contributed by atoms with Gasteiger partial charge in [-0.05, 0) is 38.2 Å². The van der Waals surface area contributed by atoms with Gasteiger partial charge in [-0.3, -0.25) is 4.79 Å². The van der Waals surface area contributed by atoms with E-state index in [-0.39, 0.29) is 11.0 Å². The Labute approximate surface area is 116 Å². The molecule has 0 aliphatic carbocycles. The third-order valence-corrected chi connectivity index (χ3v) is 2.80. The van der Waals surface area contributed by atoms with Crippen LogP contribution >= 0.6 is 12.2 Å². The Bertz CT molecular complexity index is 578. The van der Waals surface area contributed by atoms with Crippen molar-refractivity contribution in [2.24, 2.45) is 21.1 Å². The fraction of sp³-hybridized carbons (Fsp3) is 0.250. The van der Waals surface area contributed by atoms with E-state index in [9.17, 15) is 4.79 Å². The summed E-state index contributed by atoms with van der Waals surface area (Å²) in [6.07, 6.45) is 0. The number of carbonyl (C=O) groups excluding carboxylic acids is 1. The molecule has 0 spiro atoms. The highest BCUT2D eigenvalue weighted by Crippen LogP contribution is 2.17. The number of amides is 1. The van der Waals surface area contributed by atoms with Gasteiger partial charge < -0.3 is 5.73 Å². The molecule has 2 rings (SSSR count). The van der Waals surface area contributed by atoms with Gasteiger partial charge in [-0.1, -0.05) is 17.7 Å². The maximum Gasteiger partial charge on any atom is 0.282 e. The molecule has 1 heterocycles. The van der Waals surface area contributed by atoms with Crippen LogP contribution in [-0.4, -0.2) is 27.8 Å². The molecule has 1 aromatic carbocycles. The maximum absolute atomic E-state index is 11.9. The fourth-order valence-electron chi connectivity index (χ4n) is 1.58. The minimum atomic E-state index is -0.747. The molecule has 0 saturated carbocycles. The number of nitrogens with two attached hydrogens (primary N) is 1. The number of benzene rings is 1. The van der Waals surface area contributed by atoms with Crippen molar-refractivity contribution in [3.05, 3.63) is 29.8 Å². The number of rotatable bonds is 2. The van der Waals surface area contributed by atoms with Crippen molar-refractivity contribution >= 4 is 34.6 Å². The number of hydrazone groups is 1. The third kappa shape index (κ3) is 2.82. The van der Waals surface area contributed by atoms with Gasteiger partial charge in [0.2, 0.25) is 0 Å². The summed E-state index contributed by atoms with van der Waals surface area (Å²) in [4.78, 5) is 11.9. The summed E-state index contributed by atoms with van der Waals surface area (Å²) >= 11 is 4.73. The van der Waals surface area contributed by atoms with Crippen molar-refractivity contribution in [2.45, 2.75) is 19.9 Å². The first-order valence-electron chi connectivity index (χ1n) is 5.65. The second-order valence-corrected chi connectivity index (χ2v) is 4.60. The van der Waals surface area contributed by atoms with Crippen LogP contribution in [-0.2, 0) is 4.79 Å². The lowest BCUT2D eigenvalue weighted by molar-refractivity contribution is -0.126. The fourth-order valence-corrected chi connectivity index (χ4v) is 1.71. The van der Waals surface area contributed by atoms with Gasteiger partial charge in [-0.2, -0.15) is 20.3 Å². The van der Waals surface area contributed by atoms with Crippen molar-refractivity contribution in [3.8, 4) is 0 Å². The lowest BCUT2D eigenvalue weighted by Gasteiger charge is -2.08. The number of carbonyl (C=O) groups is 1. The van der Waals surface area contributed by atoms with Gasteiger partial charge in [-0.25, -0.2) is 0 Å². The molecule has 7 heteroatoms. The smallest absolute Gasteiger partial charge is 0.282 e. The Morgan fingerprint density at radius 2 is 2.00 bits per heavy atom. The lowest BCUT2D eigenvalue weighted by atomic mass is 10.2. The van der Waals surface area contributed by atoms with Gasteiger partial charge >= 0.3 is 0 Å². The normalized spacial score (nSPS) is 19.1. The van der Waals surface area contributed by atoms with E-state index in [1.165, 1.54) is 0 Å². The van der Waals surface area contributed by atoms with Crippen LogP contribution in [0.1, 0.15) is 12.5 Å². The predicted octanol–water partition coefficient (Wildman–Crippen LogP) is 1.91. The van der Waals surface area contributed by atoms with Crippen LogP contribution in [0.2, 0.25) is 0 Å². The minimum Gasteiger partial charge on any atom is -0.374 e. The molecule has 6 nitrogen and oxygen atoms in total. The quantitative estimate of drug-likeness (QED) is 0.661. The molecular formula is C12H13N5OS. The zero-order valence-corrected chi connectivity index (χ0v) is 11.4. The number of hydrogen-bond donors (Lipinski definition) is 1. The molecule has 0 bridgehead atoms. The van der Waals surface area contributed by atoms with E-state index >= 15 is 0 Å². The Balaban J connectivity index is 2.16. The first-order valence-corrected chi connectivity index (χ1v) is 6.06. The largest absolute Gasteiger partial charge is 0.374 e. The monoisotopic (exact) mass is 275 g/mol. The average molecular weight is 275 g/mol. The number of nitrogens with zero attached hydrogens (tertiary/aromatic N) is 4. The molecule has 1 amide bonds. The van der Waals surface area contributed by atoms with Crippen LogP contribution in [0.4, 0.5) is 5.69 Å². The van der Waals surface area contributed by atoms with Crippen molar-refractivity contribution < 1.29 is 4.79 Å². The second kappa shape index (κ2) is 5.23. The predicted molar refractivity (Wildman–Crippen MR) is 76.2 cm³/mol. The number of thiocarbonyl (C=S) groups is 1. The topological polar surface area (TPSA) is 83.4 Å². The van der Waals surface area contributed by atoms with Crippen molar-refractivity contribution in [3.63, 3.8) is 0 Å². The van der Waals surface area contributed by atoms with E-state index in [0.717, 1.165) is 10.6 Å². The molecule has 0 aromatic heterocycles. The van der Waals surface area contributed by atoms with Crippen LogP contribution in [0, 0.1) is 6.92 Å². The van der Waals surface area contributed by atoms with Crippen molar-refractivity contribution in [1.29, 1.82) is 0 Å². The van der Waals surface area contributed by atoms with E-state index < -0.39 is 6.04 Å². The van der Waals surface area contributed by atoms with Gasteiger partial charge in [0, 0.05) is 0 Å². The molecular weight excluding hydrogens is 262 g/mol. The summed E-state index contributed by atoms with van der Waals surface area (Å²) < 4.78 is 0. The van der Waals surface area contributed by atoms with Crippen LogP contribution < -0.4 is 5.73 Å². The summed E-state index contributed by atoms with van der Waals surface area (Å²) in [6, 6.07) is 6.76. The Hall–Kier alpha value is -2.15. The highest BCUT2D eigenvalue weighted by molar-refractivity contribution is 7.80. The second-order valence-electron chi connectivity index (χ2n) is 4.18. The summed E-state index contributed by atoms with van der Waals surface area (Å²) in [6.45, 7) is 3.67. The first-order chi connectivity index (χ1) is 8.99. The molecule has 0 fully saturated rings. The van der Waals surface area contributed by atoms with Crippen LogP contribution in [0.15, 0.2) is 39.6 Å². The average Bonchev–Trinajstić information content (AvgIpc) is 2.65. The summed E-state index contributed by atoms with van der Waals surface area (Å²) in [5.74, 6) is -0.374. The maximum atomic E-state index is 11.9. The van der Waals surface area contributed by atoms with E-state index in [1.54, 1.807) is 6.92 Å². The summed E-state index contributed by atoms with van der Waals surface area (Å²) in [5.41, 5.74) is 7.73. The molecule has 2 N–H and O–H groups in total. The van der Waals surface area contributed by atoms with E-state index in [2.05, 4.69) is 15.3 Å². The molecule has 0 radical (unpaired) electrons. The van der Waals surface area contributed by atoms with Crippen molar-refractivity contribution in [1.82, 2.24) is 5.01 Å². The molecule has 1 aliphatic rings. The zero-order valence-electron chi connectivity index (χ0n) is 10.6. The molecule has 98 valence electrons. The highest BCUT2D eigenvalue weighted by atomic mass is 32.1. The van der Waals surface area contributed by atoms with E-state index in [0.29, 0.717) is 11.4 Å². The zero-order chi connectivity index (χ0) is 14.0. The summed E-state index contributed by atoms with van der Waals surface area (Å²) in [7, 11) is 0. The number of azo groups is 1. The summed E-state index contributed by atoms with van der Waals surface area (Å²) in [5, 5.41) is 12.9. The van der Waals surface area contributed by atoms with Gasteiger partial charge in [-0.15, -0.1) is 0 Å². The lowest BCUT2D eigenvalue weighted by Crippen LogP contribution is -2.37.